The molecule has 9 heteroatoms. The number of amides is 2. The van der Waals surface area contributed by atoms with Gasteiger partial charge in [-0.1, -0.05) is 6.42 Å². The van der Waals surface area contributed by atoms with E-state index in [1.165, 1.54) is 6.92 Å². The fourth-order valence-electron chi connectivity index (χ4n) is 5.88. The molecule has 3 atom stereocenters. The Hall–Kier alpha value is -2.26. The van der Waals surface area contributed by atoms with Gasteiger partial charge in [-0.15, -0.1) is 0 Å². The smallest absolute Gasteiger partial charge is 0.457 e. The van der Waals surface area contributed by atoms with E-state index in [0.29, 0.717) is 13.0 Å². The summed E-state index contributed by atoms with van der Waals surface area (Å²) < 4.78 is 17.8. The molecule has 1 heterocycles. The van der Waals surface area contributed by atoms with Gasteiger partial charge in [-0.3, -0.25) is 9.59 Å². The van der Waals surface area contributed by atoms with E-state index in [4.69, 9.17) is 14.0 Å². The molecule has 0 bridgehead atoms. The van der Waals surface area contributed by atoms with Crippen LogP contribution in [-0.4, -0.2) is 61.9 Å². The van der Waals surface area contributed by atoms with Crippen LogP contribution in [0.3, 0.4) is 0 Å². The molecule has 1 aromatic rings. The largest absolute Gasteiger partial charge is 0.497 e. The van der Waals surface area contributed by atoms with Gasteiger partial charge in [0.25, 0.3) is 0 Å². The van der Waals surface area contributed by atoms with Crippen LogP contribution < -0.4 is 20.3 Å². The number of carbonyl (C=O) groups is 2. The van der Waals surface area contributed by atoms with Gasteiger partial charge in [0.05, 0.1) is 18.3 Å². The maximum atomic E-state index is 14.0. The zero-order chi connectivity index (χ0) is 29.2. The molecule has 0 radical (unpaired) electrons. The average molecular weight is 544 g/mol. The summed E-state index contributed by atoms with van der Waals surface area (Å²) in [6.07, 6.45) is 4.00. The van der Waals surface area contributed by atoms with Gasteiger partial charge >= 0.3 is 7.12 Å². The molecule has 0 unspecified atom stereocenters. The van der Waals surface area contributed by atoms with Crippen molar-refractivity contribution in [2.45, 2.75) is 110 Å². The van der Waals surface area contributed by atoms with E-state index in [2.05, 4.69) is 43.2 Å². The van der Waals surface area contributed by atoms with Crippen LogP contribution >= 0.6 is 0 Å². The number of rotatable bonds is 9. The molecule has 8 nitrogen and oxygen atoms in total. The number of anilines is 1. The number of ether oxygens (including phenoxy) is 1. The summed E-state index contributed by atoms with van der Waals surface area (Å²) in [5.74, 6) is 0.682. The minimum absolute atomic E-state index is 0.0658. The van der Waals surface area contributed by atoms with E-state index >= 15 is 0 Å². The number of nitrogens with zero attached hydrogens (tertiary/aromatic N) is 1. The van der Waals surface area contributed by atoms with Crippen LogP contribution in [-0.2, 0) is 18.9 Å². The Morgan fingerprint density at radius 3 is 2.18 bits per heavy atom. The molecule has 1 saturated carbocycles. The van der Waals surface area contributed by atoms with Gasteiger partial charge in [0, 0.05) is 37.7 Å². The summed E-state index contributed by atoms with van der Waals surface area (Å²) in [5.41, 5.74) is -1.14. The summed E-state index contributed by atoms with van der Waals surface area (Å²) >= 11 is 0. The van der Waals surface area contributed by atoms with Crippen LogP contribution in [0.15, 0.2) is 24.3 Å². The van der Waals surface area contributed by atoms with Gasteiger partial charge in [0.2, 0.25) is 11.8 Å². The van der Waals surface area contributed by atoms with Gasteiger partial charge in [-0.05, 0) is 104 Å². The van der Waals surface area contributed by atoms with Crippen molar-refractivity contribution < 1.29 is 23.6 Å². The van der Waals surface area contributed by atoms with E-state index in [9.17, 15) is 9.59 Å². The van der Waals surface area contributed by atoms with E-state index in [0.717, 1.165) is 37.0 Å². The first-order valence-corrected chi connectivity index (χ1v) is 14.3. The number of hydrogen-bond donors (Lipinski definition) is 2. The van der Waals surface area contributed by atoms with E-state index in [1.807, 2.05) is 52.1 Å². The lowest BCUT2D eigenvalue weighted by molar-refractivity contribution is -0.139. The van der Waals surface area contributed by atoms with Crippen molar-refractivity contribution in [3.63, 3.8) is 0 Å². The summed E-state index contributed by atoms with van der Waals surface area (Å²) in [6, 6.07) is 7.91. The Bertz CT molecular complexity index is 991. The third-order valence-corrected chi connectivity index (χ3v) is 8.64. The van der Waals surface area contributed by atoms with Crippen LogP contribution in [0.2, 0.25) is 6.32 Å². The molecule has 3 rings (SSSR count). The third kappa shape index (κ3) is 7.48. The number of nitrogens with one attached hydrogen (secondary N) is 2. The van der Waals surface area contributed by atoms with Gasteiger partial charge in [0.1, 0.15) is 11.3 Å². The van der Waals surface area contributed by atoms with E-state index in [-0.39, 0.29) is 42.0 Å². The fourth-order valence-corrected chi connectivity index (χ4v) is 5.88. The van der Waals surface area contributed by atoms with Crippen LogP contribution in [0.4, 0.5) is 5.69 Å². The number of methoxy groups -OCH3 is 1. The SMILES string of the molecule is COc1ccc(N(C)C[C@@H]2CC[C@@H](CCB3OC(C)(C)C(C)(C)O3)C[C@]2(NC(C)=O)C(=O)NC(C)(C)C)cc1. The second-order valence-electron chi connectivity index (χ2n) is 13.5. The van der Waals surface area contributed by atoms with Crippen molar-refractivity contribution in [2.75, 3.05) is 25.6 Å². The van der Waals surface area contributed by atoms with Crippen molar-refractivity contribution in [3.8, 4) is 5.75 Å². The highest BCUT2D eigenvalue weighted by atomic mass is 16.7. The minimum Gasteiger partial charge on any atom is -0.497 e. The molecule has 2 aliphatic rings. The summed E-state index contributed by atoms with van der Waals surface area (Å²) in [6.45, 7) is 16.3. The highest BCUT2D eigenvalue weighted by molar-refractivity contribution is 6.45. The van der Waals surface area contributed by atoms with Crippen LogP contribution in [0.5, 0.6) is 5.75 Å². The van der Waals surface area contributed by atoms with Crippen molar-refractivity contribution in [2.24, 2.45) is 11.8 Å². The first-order valence-electron chi connectivity index (χ1n) is 14.3. The van der Waals surface area contributed by atoms with Crippen LogP contribution in [0, 0.1) is 11.8 Å². The van der Waals surface area contributed by atoms with Gasteiger partial charge in [-0.2, -0.15) is 0 Å². The molecule has 1 saturated heterocycles. The van der Waals surface area contributed by atoms with Crippen molar-refractivity contribution in [3.05, 3.63) is 24.3 Å². The molecule has 39 heavy (non-hydrogen) atoms. The predicted octanol–water partition coefficient (Wildman–Crippen LogP) is 4.82. The Kier molecular flexibility index (Phi) is 9.38. The standard InChI is InChI=1S/C30H50BN3O5/c1-21(35)32-30(26(36)33-27(2,3)4)19-22(17-18-31-38-28(5,6)29(7,8)39-31)11-12-23(30)20-34(9)24-13-15-25(37-10)16-14-24/h13-16,22-23H,11-12,17-20H2,1-10H3,(H,32,35)(H,33,36)/t22-,23-,30+/m0/s1. The normalized spacial score (nSPS) is 26.2. The second kappa shape index (κ2) is 11.7. The Morgan fingerprint density at radius 2 is 1.67 bits per heavy atom. The quantitative estimate of drug-likeness (QED) is 0.435. The van der Waals surface area contributed by atoms with Crippen molar-refractivity contribution in [1.29, 1.82) is 0 Å². The maximum absolute atomic E-state index is 14.0. The molecule has 2 amide bonds. The first kappa shape index (κ1) is 31.3. The lowest BCUT2D eigenvalue weighted by Crippen LogP contribution is -2.68. The zero-order valence-corrected chi connectivity index (χ0v) is 25.8. The zero-order valence-electron chi connectivity index (χ0n) is 25.8. The molecular formula is C30H50BN3O5. The number of carbonyl (C=O) groups excluding carboxylic acids is 2. The van der Waals surface area contributed by atoms with Crippen LogP contribution in [0.1, 0.15) is 81.1 Å². The number of benzene rings is 1. The van der Waals surface area contributed by atoms with Crippen molar-refractivity contribution in [1.82, 2.24) is 10.6 Å². The van der Waals surface area contributed by atoms with Gasteiger partial charge < -0.3 is 29.6 Å². The topological polar surface area (TPSA) is 89.1 Å². The van der Waals surface area contributed by atoms with Crippen LogP contribution in [0.25, 0.3) is 0 Å². The van der Waals surface area contributed by atoms with Gasteiger partial charge in [-0.25, -0.2) is 0 Å². The molecular weight excluding hydrogens is 493 g/mol. The highest BCUT2D eigenvalue weighted by Gasteiger charge is 2.53. The fraction of sp³-hybridized carbons (Fsp3) is 0.733. The lowest BCUT2D eigenvalue weighted by atomic mass is 9.64. The van der Waals surface area contributed by atoms with E-state index in [1.54, 1.807) is 7.11 Å². The first-order chi connectivity index (χ1) is 18.0. The highest BCUT2D eigenvalue weighted by Crippen LogP contribution is 2.43. The Balaban J connectivity index is 1.83. The lowest BCUT2D eigenvalue weighted by Gasteiger charge is -2.48. The average Bonchev–Trinajstić information content (AvgIpc) is 3.03. The maximum Gasteiger partial charge on any atom is 0.457 e. The summed E-state index contributed by atoms with van der Waals surface area (Å²) in [7, 11) is 3.42. The molecule has 1 aromatic carbocycles. The van der Waals surface area contributed by atoms with E-state index < -0.39 is 11.1 Å². The Morgan fingerprint density at radius 1 is 1.08 bits per heavy atom. The monoisotopic (exact) mass is 543 g/mol. The summed E-state index contributed by atoms with van der Waals surface area (Å²) in [5, 5.41) is 6.36. The molecule has 0 spiro atoms. The van der Waals surface area contributed by atoms with Gasteiger partial charge in [0.15, 0.2) is 0 Å². The number of hydrogen-bond acceptors (Lipinski definition) is 6. The predicted molar refractivity (Wildman–Crippen MR) is 157 cm³/mol. The molecule has 0 aromatic heterocycles. The summed E-state index contributed by atoms with van der Waals surface area (Å²) in [4.78, 5) is 28.8. The molecule has 2 N–H and O–H groups in total. The minimum atomic E-state index is -1.02. The molecule has 2 fully saturated rings. The van der Waals surface area contributed by atoms with Crippen molar-refractivity contribution >= 4 is 24.6 Å². The molecule has 1 aliphatic heterocycles. The second-order valence-corrected chi connectivity index (χ2v) is 13.5. The third-order valence-electron chi connectivity index (χ3n) is 8.64. The molecule has 1 aliphatic carbocycles. The molecule has 218 valence electrons. The Labute approximate surface area is 236 Å².